The number of fused-ring (bicyclic) bond motifs is 1. The van der Waals surface area contributed by atoms with Crippen molar-refractivity contribution in [3.8, 4) is 17.5 Å². The number of rotatable bonds is 5. The van der Waals surface area contributed by atoms with E-state index < -0.39 is 0 Å². The van der Waals surface area contributed by atoms with Gasteiger partial charge in [0.05, 0.1) is 17.4 Å². The maximum absolute atomic E-state index is 9.44. The van der Waals surface area contributed by atoms with Crippen LogP contribution < -0.4 is 11.1 Å². The Labute approximate surface area is 162 Å². The van der Waals surface area contributed by atoms with Crippen molar-refractivity contribution in [2.24, 2.45) is 0 Å². The molecule has 0 aliphatic heterocycles. The van der Waals surface area contributed by atoms with Crippen molar-refractivity contribution in [3.63, 3.8) is 0 Å². The van der Waals surface area contributed by atoms with E-state index in [0.717, 1.165) is 28.9 Å². The van der Waals surface area contributed by atoms with E-state index in [1.807, 2.05) is 36.5 Å². The molecule has 4 aromatic rings. The van der Waals surface area contributed by atoms with E-state index in [-0.39, 0.29) is 17.4 Å². The van der Waals surface area contributed by atoms with Gasteiger partial charge in [-0.15, -0.1) is 0 Å². The Morgan fingerprint density at radius 3 is 2.79 bits per heavy atom. The summed E-state index contributed by atoms with van der Waals surface area (Å²) in [4.78, 5) is 12.7. The van der Waals surface area contributed by atoms with Gasteiger partial charge in [0.15, 0.2) is 0 Å². The smallest absolute Gasteiger partial charge is 0.150 e. The monoisotopic (exact) mass is 369 g/mol. The first kappa shape index (κ1) is 17.5. The van der Waals surface area contributed by atoms with Crippen LogP contribution in [0.15, 0.2) is 61.2 Å². The van der Waals surface area contributed by atoms with E-state index in [2.05, 4.69) is 49.8 Å². The number of aromatic nitrogens is 4. The first-order chi connectivity index (χ1) is 13.7. The van der Waals surface area contributed by atoms with Gasteiger partial charge in [0.25, 0.3) is 0 Å². The van der Waals surface area contributed by atoms with Crippen LogP contribution in [0.1, 0.15) is 30.5 Å². The summed E-state index contributed by atoms with van der Waals surface area (Å²) in [6.45, 7) is 2.08. The molecule has 0 radical (unpaired) electrons. The molecule has 0 fully saturated rings. The van der Waals surface area contributed by atoms with Crippen LogP contribution >= 0.6 is 0 Å². The number of hydrogen-bond donors (Lipinski definition) is 2. The van der Waals surface area contributed by atoms with E-state index in [9.17, 15) is 5.26 Å². The van der Waals surface area contributed by atoms with Gasteiger partial charge in [-0.25, -0.2) is 9.97 Å². The molecule has 7 heteroatoms. The minimum atomic E-state index is -0.0849. The van der Waals surface area contributed by atoms with Gasteiger partial charge in [0.2, 0.25) is 0 Å². The first-order valence-corrected chi connectivity index (χ1v) is 9.01. The Morgan fingerprint density at radius 2 is 2.04 bits per heavy atom. The zero-order valence-corrected chi connectivity index (χ0v) is 15.4. The predicted molar refractivity (Wildman–Crippen MR) is 108 cm³/mol. The van der Waals surface area contributed by atoms with Crippen LogP contribution in [0.4, 0.5) is 11.6 Å². The van der Waals surface area contributed by atoms with Gasteiger partial charge in [0.1, 0.15) is 29.6 Å². The highest BCUT2D eigenvalue weighted by molar-refractivity contribution is 5.71. The molecule has 0 saturated carbocycles. The normalized spacial score (nSPS) is 11.9. The van der Waals surface area contributed by atoms with Crippen LogP contribution in [0.5, 0.6) is 0 Å². The van der Waals surface area contributed by atoms with Crippen LogP contribution in [0.25, 0.3) is 16.9 Å². The number of anilines is 2. The van der Waals surface area contributed by atoms with Crippen LogP contribution in [0.2, 0.25) is 0 Å². The lowest BCUT2D eigenvalue weighted by Crippen LogP contribution is -2.14. The lowest BCUT2D eigenvalue weighted by molar-refractivity contribution is 0.745. The molecule has 4 aromatic heterocycles. The number of nitrogens with one attached hydrogen (secondary N) is 1. The Bertz CT molecular complexity index is 1160. The molecule has 0 bridgehead atoms. The molecule has 4 heterocycles. The molecule has 0 amide bonds. The Balaban J connectivity index is 1.86. The highest BCUT2D eigenvalue weighted by atomic mass is 15.1. The maximum Gasteiger partial charge on any atom is 0.150 e. The number of nitriles is 1. The SMILES string of the molecule is CCC(Nc1ncnc(N)c1C#N)c1cc2ccccn2c1-c1ccccn1. The fourth-order valence-corrected chi connectivity index (χ4v) is 3.37. The third-order valence-corrected chi connectivity index (χ3v) is 4.70. The average molecular weight is 369 g/mol. The van der Waals surface area contributed by atoms with Crippen LogP contribution in [0.3, 0.4) is 0 Å². The molecule has 0 aliphatic carbocycles. The Hall–Kier alpha value is -3.92. The standard InChI is InChI=1S/C21H19N7/c1-2-17(27-21-16(12-22)20(23)25-13-26-21)15-11-14-7-4-6-10-28(14)19(15)18-8-3-5-9-24-18/h3-11,13,17H,2H2,1H3,(H3,23,25,26,27). The highest BCUT2D eigenvalue weighted by Gasteiger charge is 2.22. The van der Waals surface area contributed by atoms with Gasteiger partial charge in [-0.05, 0) is 36.8 Å². The quantitative estimate of drug-likeness (QED) is 0.554. The predicted octanol–water partition coefficient (Wildman–Crippen LogP) is 3.81. The van der Waals surface area contributed by atoms with E-state index in [1.165, 1.54) is 6.33 Å². The number of hydrogen-bond acceptors (Lipinski definition) is 6. The van der Waals surface area contributed by atoms with Crippen molar-refractivity contribution >= 4 is 17.2 Å². The third kappa shape index (κ3) is 3.01. The van der Waals surface area contributed by atoms with Gasteiger partial charge in [-0.3, -0.25) is 4.98 Å². The van der Waals surface area contributed by atoms with Crippen molar-refractivity contribution in [3.05, 3.63) is 72.3 Å². The number of nitrogen functional groups attached to an aromatic ring is 1. The van der Waals surface area contributed by atoms with Crippen LogP contribution in [-0.2, 0) is 0 Å². The lowest BCUT2D eigenvalue weighted by atomic mass is 10.0. The summed E-state index contributed by atoms with van der Waals surface area (Å²) in [7, 11) is 0. The molecular weight excluding hydrogens is 350 g/mol. The molecule has 0 aromatic carbocycles. The van der Waals surface area contributed by atoms with Gasteiger partial charge in [-0.1, -0.05) is 19.1 Å². The van der Waals surface area contributed by atoms with E-state index in [1.54, 1.807) is 6.20 Å². The Kier molecular flexibility index (Phi) is 4.60. The van der Waals surface area contributed by atoms with E-state index in [0.29, 0.717) is 5.82 Å². The molecular formula is C21H19N7. The third-order valence-electron chi connectivity index (χ3n) is 4.70. The molecule has 3 N–H and O–H groups in total. The minimum Gasteiger partial charge on any atom is -0.382 e. The summed E-state index contributed by atoms with van der Waals surface area (Å²) in [5.74, 6) is 0.603. The highest BCUT2D eigenvalue weighted by Crippen LogP contribution is 2.34. The van der Waals surface area contributed by atoms with Gasteiger partial charge in [0, 0.05) is 23.5 Å². The molecule has 0 saturated heterocycles. The number of nitrogens with zero attached hydrogens (tertiary/aromatic N) is 5. The van der Waals surface area contributed by atoms with Crippen molar-refractivity contribution in [2.75, 3.05) is 11.1 Å². The summed E-state index contributed by atoms with van der Waals surface area (Å²) >= 11 is 0. The molecule has 1 atom stereocenters. The van der Waals surface area contributed by atoms with Crippen molar-refractivity contribution in [2.45, 2.75) is 19.4 Å². The van der Waals surface area contributed by atoms with Crippen molar-refractivity contribution in [1.82, 2.24) is 19.4 Å². The van der Waals surface area contributed by atoms with Crippen LogP contribution in [0, 0.1) is 11.3 Å². The van der Waals surface area contributed by atoms with Crippen LogP contribution in [-0.4, -0.2) is 19.4 Å². The minimum absolute atomic E-state index is 0.0849. The Morgan fingerprint density at radius 1 is 1.18 bits per heavy atom. The number of nitrogens with two attached hydrogens (primary N) is 1. The molecule has 0 aliphatic rings. The maximum atomic E-state index is 9.44. The van der Waals surface area contributed by atoms with E-state index >= 15 is 0 Å². The topological polar surface area (TPSA) is 105 Å². The second kappa shape index (κ2) is 7.37. The summed E-state index contributed by atoms with van der Waals surface area (Å²) < 4.78 is 2.13. The van der Waals surface area contributed by atoms with Gasteiger partial charge >= 0.3 is 0 Å². The van der Waals surface area contributed by atoms with E-state index in [4.69, 9.17) is 5.73 Å². The summed E-state index contributed by atoms with van der Waals surface area (Å²) in [6.07, 6.45) is 5.96. The molecule has 7 nitrogen and oxygen atoms in total. The van der Waals surface area contributed by atoms with Gasteiger partial charge in [-0.2, -0.15) is 5.26 Å². The number of pyridine rings is 2. The van der Waals surface area contributed by atoms with Gasteiger partial charge < -0.3 is 15.5 Å². The zero-order valence-electron chi connectivity index (χ0n) is 15.4. The largest absolute Gasteiger partial charge is 0.382 e. The first-order valence-electron chi connectivity index (χ1n) is 9.01. The zero-order chi connectivity index (χ0) is 19.5. The second-order valence-electron chi connectivity index (χ2n) is 6.36. The fraction of sp³-hybridized carbons (Fsp3) is 0.143. The van der Waals surface area contributed by atoms with Crippen molar-refractivity contribution < 1.29 is 0 Å². The molecule has 138 valence electrons. The molecule has 28 heavy (non-hydrogen) atoms. The second-order valence-corrected chi connectivity index (χ2v) is 6.36. The average Bonchev–Trinajstić information content (AvgIpc) is 3.12. The molecule has 0 spiro atoms. The molecule has 4 rings (SSSR count). The lowest BCUT2D eigenvalue weighted by Gasteiger charge is -2.19. The van der Waals surface area contributed by atoms with Crippen molar-refractivity contribution in [1.29, 1.82) is 5.26 Å². The summed E-state index contributed by atoms with van der Waals surface area (Å²) in [5.41, 5.74) is 10.1. The summed E-state index contributed by atoms with van der Waals surface area (Å²) in [5, 5.41) is 12.8. The summed E-state index contributed by atoms with van der Waals surface area (Å²) in [6, 6.07) is 16.1. The molecule has 1 unspecified atom stereocenters. The fourth-order valence-electron chi connectivity index (χ4n) is 3.37.